The Labute approximate surface area is 143 Å². The summed E-state index contributed by atoms with van der Waals surface area (Å²) >= 11 is 0. The largest absolute Gasteiger partial charge is 0.483 e. The van der Waals surface area contributed by atoms with Crippen molar-refractivity contribution in [2.75, 3.05) is 0 Å². The fraction of sp³-hybridized carbons (Fsp3) is 0.294. The molecule has 3 rings (SSSR count). The Morgan fingerprint density at radius 2 is 2.16 bits per heavy atom. The maximum atomic E-state index is 12.6. The molecule has 0 spiro atoms. The van der Waals surface area contributed by atoms with Crippen LogP contribution >= 0.6 is 0 Å². The molecule has 0 N–H and O–H groups in total. The van der Waals surface area contributed by atoms with Crippen LogP contribution in [-0.4, -0.2) is 20.2 Å². The van der Waals surface area contributed by atoms with Crippen LogP contribution in [-0.2, 0) is 4.84 Å². The number of aromatic nitrogens is 2. The van der Waals surface area contributed by atoms with Crippen LogP contribution in [0.3, 0.4) is 0 Å². The number of nitrogens with zero attached hydrogens (tertiary/aromatic N) is 3. The zero-order chi connectivity index (χ0) is 18.2. The van der Waals surface area contributed by atoms with E-state index >= 15 is 0 Å². The summed E-state index contributed by atoms with van der Waals surface area (Å²) in [6.45, 7) is 5.30. The lowest BCUT2D eigenvalue weighted by Crippen LogP contribution is -2.32. The minimum absolute atomic E-state index is 0.324. The molecule has 1 aliphatic rings. The van der Waals surface area contributed by atoms with Crippen LogP contribution < -0.4 is 10.3 Å². The summed E-state index contributed by atoms with van der Waals surface area (Å²) in [5.41, 5.74) is 0.862. The molecule has 2 aromatic rings. The van der Waals surface area contributed by atoms with Crippen LogP contribution in [0.4, 0.5) is 0 Å². The molecule has 1 atom stereocenters. The van der Waals surface area contributed by atoms with Crippen LogP contribution in [0.5, 0.6) is 5.75 Å². The van der Waals surface area contributed by atoms with E-state index in [2.05, 4.69) is 9.82 Å². The molecule has 0 aliphatic carbocycles. The third-order valence-electron chi connectivity index (χ3n) is 3.83. The highest BCUT2D eigenvalue weighted by Crippen LogP contribution is 2.35. The molecule has 3 heterocycles. The summed E-state index contributed by atoms with van der Waals surface area (Å²) in [6.07, 6.45) is 5.85. The van der Waals surface area contributed by atoms with Crippen molar-refractivity contribution in [3.63, 3.8) is 0 Å². The number of rotatable bonds is 4. The topological polar surface area (TPSA) is 96.5 Å². The number of hydrogen-bond acceptors (Lipinski definition) is 6. The van der Waals surface area contributed by atoms with Crippen molar-refractivity contribution in [2.24, 2.45) is 0 Å². The van der Waals surface area contributed by atoms with Crippen LogP contribution in [0.15, 0.2) is 47.7 Å². The summed E-state index contributed by atoms with van der Waals surface area (Å²) in [5.74, 6) is 0.638. The van der Waals surface area contributed by atoms with Crippen molar-refractivity contribution in [1.82, 2.24) is 9.55 Å². The Hall–Kier alpha value is -3.16. The highest BCUT2D eigenvalue weighted by molar-refractivity contribution is 5.72. The minimum Gasteiger partial charge on any atom is -0.483 e. The third kappa shape index (κ3) is 3.37. The van der Waals surface area contributed by atoms with Crippen LogP contribution in [0, 0.1) is 10.1 Å². The van der Waals surface area contributed by atoms with Crippen molar-refractivity contribution in [3.05, 3.63) is 74.5 Å². The first-order chi connectivity index (χ1) is 11.8. The molecule has 25 heavy (non-hydrogen) atoms. The fourth-order valence-corrected chi connectivity index (χ4v) is 2.72. The van der Waals surface area contributed by atoms with Gasteiger partial charge in [0.05, 0.1) is 11.3 Å². The summed E-state index contributed by atoms with van der Waals surface area (Å²) in [5, 5.41) is 9.59. The zero-order valence-electron chi connectivity index (χ0n) is 14.0. The number of pyridine rings is 2. The second kappa shape index (κ2) is 6.04. The van der Waals surface area contributed by atoms with E-state index in [0.717, 1.165) is 0 Å². The Morgan fingerprint density at radius 1 is 1.40 bits per heavy atom. The lowest BCUT2D eigenvalue weighted by Gasteiger charge is -2.31. The van der Waals surface area contributed by atoms with Gasteiger partial charge < -0.3 is 9.57 Å². The molecule has 0 saturated carbocycles. The first kappa shape index (κ1) is 16.7. The lowest BCUT2D eigenvalue weighted by atomic mass is 10.00. The predicted molar refractivity (Wildman–Crippen MR) is 89.5 cm³/mol. The summed E-state index contributed by atoms with van der Waals surface area (Å²) in [4.78, 5) is 31.6. The average molecular weight is 343 g/mol. The normalized spacial score (nSPS) is 16.2. The molecule has 0 fully saturated rings. The number of fused-ring (bicyclic) bond motifs is 1. The van der Waals surface area contributed by atoms with Crippen molar-refractivity contribution >= 4 is 5.70 Å². The van der Waals surface area contributed by atoms with Crippen molar-refractivity contribution < 1.29 is 14.7 Å². The maximum Gasteiger partial charge on any atom is 0.295 e. The van der Waals surface area contributed by atoms with Gasteiger partial charge in [-0.1, -0.05) is 0 Å². The predicted octanol–water partition coefficient (Wildman–Crippen LogP) is 2.57. The smallest absolute Gasteiger partial charge is 0.295 e. The first-order valence-electron chi connectivity index (χ1n) is 7.67. The van der Waals surface area contributed by atoms with E-state index in [1.54, 1.807) is 30.7 Å². The summed E-state index contributed by atoms with van der Waals surface area (Å²) in [6, 6.07) is 4.69. The van der Waals surface area contributed by atoms with Gasteiger partial charge in [-0.2, -0.15) is 0 Å². The van der Waals surface area contributed by atoms with E-state index in [0.29, 0.717) is 22.6 Å². The van der Waals surface area contributed by atoms with Gasteiger partial charge in [-0.15, -0.1) is 10.1 Å². The molecular formula is C17H17N3O5. The van der Waals surface area contributed by atoms with E-state index in [-0.39, 0.29) is 5.56 Å². The highest BCUT2D eigenvalue weighted by atomic mass is 17.0. The Morgan fingerprint density at radius 3 is 2.84 bits per heavy atom. The van der Waals surface area contributed by atoms with Crippen molar-refractivity contribution in [1.29, 1.82) is 0 Å². The van der Waals surface area contributed by atoms with E-state index in [1.165, 1.54) is 17.6 Å². The molecule has 0 saturated heterocycles. The molecule has 1 unspecified atom stereocenters. The third-order valence-corrected chi connectivity index (χ3v) is 3.83. The summed E-state index contributed by atoms with van der Waals surface area (Å²) < 4.78 is 7.36. The maximum absolute atomic E-state index is 12.6. The molecule has 0 aromatic carbocycles. The average Bonchev–Trinajstić information content (AvgIpc) is 2.52. The minimum atomic E-state index is -0.873. The van der Waals surface area contributed by atoms with Crippen LogP contribution in [0.25, 0.3) is 5.70 Å². The van der Waals surface area contributed by atoms with E-state index in [4.69, 9.17) is 4.74 Å². The number of hydrogen-bond donors (Lipinski definition) is 0. The molecular weight excluding hydrogens is 326 g/mol. The second-order valence-electron chi connectivity index (χ2n) is 6.25. The molecule has 0 radical (unpaired) electrons. The van der Waals surface area contributed by atoms with Gasteiger partial charge in [0, 0.05) is 24.7 Å². The van der Waals surface area contributed by atoms with Crippen LogP contribution in [0.1, 0.15) is 38.0 Å². The first-order valence-corrected chi connectivity index (χ1v) is 7.67. The van der Waals surface area contributed by atoms with E-state index in [1.807, 2.05) is 19.9 Å². The second-order valence-corrected chi connectivity index (χ2v) is 6.25. The Kier molecular flexibility index (Phi) is 4.03. The van der Waals surface area contributed by atoms with Gasteiger partial charge >= 0.3 is 0 Å². The van der Waals surface area contributed by atoms with Gasteiger partial charge in [0.1, 0.15) is 17.5 Å². The zero-order valence-corrected chi connectivity index (χ0v) is 14.0. The molecule has 0 amide bonds. The quantitative estimate of drug-likeness (QED) is 0.625. The van der Waals surface area contributed by atoms with E-state index in [9.17, 15) is 14.9 Å². The molecule has 8 nitrogen and oxygen atoms in total. The lowest BCUT2D eigenvalue weighted by molar-refractivity contribution is -0.770. The van der Waals surface area contributed by atoms with Gasteiger partial charge in [0.2, 0.25) is 0 Å². The summed E-state index contributed by atoms with van der Waals surface area (Å²) in [7, 11) is 0. The van der Waals surface area contributed by atoms with Gasteiger partial charge in [-0.3, -0.25) is 14.3 Å². The molecule has 0 bridgehead atoms. The molecule has 2 aromatic heterocycles. The highest BCUT2D eigenvalue weighted by Gasteiger charge is 2.28. The molecule has 8 heteroatoms. The van der Waals surface area contributed by atoms with Crippen molar-refractivity contribution in [3.8, 4) is 5.75 Å². The molecule has 1 aliphatic heterocycles. The van der Waals surface area contributed by atoms with Gasteiger partial charge in [0.15, 0.2) is 0 Å². The van der Waals surface area contributed by atoms with Gasteiger partial charge in [-0.05, 0) is 44.5 Å². The molecule has 130 valence electrons. The Bertz CT molecular complexity index is 916. The number of ether oxygens (including phenoxy) is 1. The van der Waals surface area contributed by atoms with Gasteiger partial charge in [-0.25, -0.2) is 0 Å². The SMILES string of the molecule is CC(O[N+](=O)[O-])c1ccn(C2=CC(C)(C)Oc3ccncc32)c(=O)c1. The van der Waals surface area contributed by atoms with Crippen molar-refractivity contribution in [2.45, 2.75) is 32.5 Å². The van der Waals surface area contributed by atoms with Crippen LogP contribution in [0.2, 0.25) is 0 Å². The van der Waals surface area contributed by atoms with E-state index < -0.39 is 16.8 Å². The standard InChI is InChI=1S/C17H17N3O5/c1-11(25-20(22)23)12-5-7-19(16(21)8-12)14-9-17(2,3)24-15-4-6-18-10-13(14)15/h4-11H,1-3H3. The monoisotopic (exact) mass is 343 g/mol. The fourth-order valence-electron chi connectivity index (χ4n) is 2.72. The van der Waals surface area contributed by atoms with Gasteiger partial charge in [0.25, 0.3) is 10.6 Å². The Balaban J connectivity index is 2.06.